The lowest BCUT2D eigenvalue weighted by atomic mass is 10.0. The zero-order valence-corrected chi connectivity index (χ0v) is 10.8. The van der Waals surface area contributed by atoms with Crippen LogP contribution < -0.4 is 5.56 Å². The molecule has 0 unspecified atom stereocenters. The lowest BCUT2D eigenvalue weighted by molar-refractivity contribution is 0.0182. The molecule has 0 aliphatic rings. The molecule has 0 saturated carbocycles. The van der Waals surface area contributed by atoms with Gasteiger partial charge in [0.2, 0.25) is 0 Å². The molecule has 1 rings (SSSR count). The summed E-state index contributed by atoms with van der Waals surface area (Å²) in [5.74, 6) is 0.571. The second kappa shape index (κ2) is 6.58. The van der Waals surface area contributed by atoms with Crippen LogP contribution in [-0.2, 0) is 11.2 Å². The second-order valence-electron chi connectivity index (χ2n) is 4.38. The lowest BCUT2D eigenvalue weighted by Gasteiger charge is -2.09. The Kier molecular flexibility index (Phi) is 5.40. The highest BCUT2D eigenvalue weighted by Crippen LogP contribution is 2.12. The molecule has 102 valence electrons. The van der Waals surface area contributed by atoms with Crippen molar-refractivity contribution in [3.8, 4) is 0 Å². The molecule has 0 aliphatic heterocycles. The Balaban J connectivity index is 2.66. The third-order valence-electron chi connectivity index (χ3n) is 2.50. The molecule has 1 aromatic rings. The Morgan fingerprint density at radius 1 is 1.39 bits per heavy atom. The summed E-state index contributed by atoms with van der Waals surface area (Å²) in [6.07, 6.45) is -2.15. The minimum atomic E-state index is -2.47. The van der Waals surface area contributed by atoms with Crippen LogP contribution in [0, 0.1) is 6.92 Å². The van der Waals surface area contributed by atoms with Gasteiger partial charge < -0.3 is 9.72 Å². The van der Waals surface area contributed by atoms with Gasteiger partial charge in [0.05, 0.1) is 6.61 Å². The van der Waals surface area contributed by atoms with E-state index in [4.69, 9.17) is 4.74 Å². The number of hydrogen-bond acceptors (Lipinski definition) is 3. The zero-order chi connectivity index (χ0) is 13.7. The SMILES string of the molecule is Cc1nc(CCOCC(F)F)[nH]c(=O)c1C(C)C. The fraction of sp³-hybridized carbons (Fsp3) is 0.667. The Morgan fingerprint density at radius 3 is 2.56 bits per heavy atom. The van der Waals surface area contributed by atoms with Crippen LogP contribution in [0.2, 0.25) is 0 Å². The topological polar surface area (TPSA) is 55.0 Å². The number of hydrogen-bond donors (Lipinski definition) is 1. The molecular weight excluding hydrogens is 242 g/mol. The van der Waals surface area contributed by atoms with Gasteiger partial charge in [-0.25, -0.2) is 13.8 Å². The summed E-state index contributed by atoms with van der Waals surface area (Å²) in [6.45, 7) is 5.14. The van der Waals surface area contributed by atoms with Crippen molar-refractivity contribution in [1.82, 2.24) is 9.97 Å². The summed E-state index contributed by atoms with van der Waals surface area (Å²) in [7, 11) is 0. The van der Waals surface area contributed by atoms with E-state index in [2.05, 4.69) is 9.97 Å². The molecule has 0 bridgehead atoms. The van der Waals surface area contributed by atoms with Gasteiger partial charge in [0.15, 0.2) is 0 Å². The van der Waals surface area contributed by atoms with Crippen molar-refractivity contribution in [2.24, 2.45) is 0 Å². The summed E-state index contributed by atoms with van der Waals surface area (Å²) >= 11 is 0. The van der Waals surface area contributed by atoms with Crippen molar-refractivity contribution >= 4 is 0 Å². The average molecular weight is 260 g/mol. The molecule has 0 spiro atoms. The van der Waals surface area contributed by atoms with Crippen LogP contribution >= 0.6 is 0 Å². The van der Waals surface area contributed by atoms with E-state index in [0.29, 0.717) is 23.5 Å². The summed E-state index contributed by atoms with van der Waals surface area (Å²) in [5, 5.41) is 0. The summed E-state index contributed by atoms with van der Waals surface area (Å²) in [4.78, 5) is 18.7. The number of aromatic amines is 1. The molecule has 0 radical (unpaired) electrons. The first-order valence-corrected chi connectivity index (χ1v) is 5.87. The van der Waals surface area contributed by atoms with Crippen molar-refractivity contribution in [2.75, 3.05) is 13.2 Å². The average Bonchev–Trinajstić information content (AvgIpc) is 2.22. The van der Waals surface area contributed by atoms with Gasteiger partial charge in [0.1, 0.15) is 12.4 Å². The van der Waals surface area contributed by atoms with E-state index >= 15 is 0 Å². The smallest absolute Gasteiger partial charge is 0.261 e. The van der Waals surface area contributed by atoms with Gasteiger partial charge in [-0.05, 0) is 12.8 Å². The first kappa shape index (κ1) is 14.8. The largest absolute Gasteiger partial charge is 0.375 e. The molecule has 0 fully saturated rings. The maximum Gasteiger partial charge on any atom is 0.261 e. The highest BCUT2D eigenvalue weighted by molar-refractivity contribution is 5.20. The molecule has 18 heavy (non-hydrogen) atoms. The van der Waals surface area contributed by atoms with E-state index in [1.807, 2.05) is 13.8 Å². The first-order chi connectivity index (χ1) is 8.41. The highest BCUT2D eigenvalue weighted by Gasteiger charge is 2.11. The van der Waals surface area contributed by atoms with E-state index in [1.165, 1.54) is 0 Å². The second-order valence-corrected chi connectivity index (χ2v) is 4.38. The number of alkyl halides is 2. The number of nitrogens with one attached hydrogen (secondary N) is 1. The fourth-order valence-electron chi connectivity index (χ4n) is 1.79. The van der Waals surface area contributed by atoms with Gasteiger partial charge in [-0.15, -0.1) is 0 Å². The number of rotatable bonds is 6. The monoisotopic (exact) mass is 260 g/mol. The minimum Gasteiger partial charge on any atom is -0.375 e. The van der Waals surface area contributed by atoms with Crippen molar-refractivity contribution in [3.63, 3.8) is 0 Å². The van der Waals surface area contributed by atoms with Crippen LogP contribution in [0.1, 0.15) is 36.8 Å². The van der Waals surface area contributed by atoms with Crippen molar-refractivity contribution in [1.29, 1.82) is 0 Å². The molecule has 0 saturated heterocycles. The number of ether oxygens (including phenoxy) is 1. The Bertz CT molecular complexity index is 444. The molecule has 1 heterocycles. The molecule has 0 atom stereocenters. The van der Waals surface area contributed by atoms with Crippen LogP contribution in [-0.4, -0.2) is 29.6 Å². The fourth-order valence-corrected chi connectivity index (χ4v) is 1.79. The number of halogens is 2. The van der Waals surface area contributed by atoms with E-state index < -0.39 is 13.0 Å². The van der Waals surface area contributed by atoms with Gasteiger partial charge >= 0.3 is 0 Å². The van der Waals surface area contributed by atoms with Crippen LogP contribution in [0.15, 0.2) is 4.79 Å². The van der Waals surface area contributed by atoms with Gasteiger partial charge in [-0.2, -0.15) is 0 Å². The Morgan fingerprint density at radius 2 is 2.06 bits per heavy atom. The number of H-pyrrole nitrogens is 1. The first-order valence-electron chi connectivity index (χ1n) is 5.87. The molecule has 0 aliphatic carbocycles. The van der Waals surface area contributed by atoms with Gasteiger partial charge in [-0.1, -0.05) is 13.8 Å². The number of aryl methyl sites for hydroxylation is 1. The third-order valence-corrected chi connectivity index (χ3v) is 2.50. The normalized spacial score (nSPS) is 11.5. The summed E-state index contributed by atoms with van der Waals surface area (Å²) < 4.78 is 28.4. The van der Waals surface area contributed by atoms with Crippen LogP contribution in [0.5, 0.6) is 0 Å². The van der Waals surface area contributed by atoms with E-state index in [9.17, 15) is 13.6 Å². The van der Waals surface area contributed by atoms with Crippen LogP contribution in [0.3, 0.4) is 0 Å². The quantitative estimate of drug-likeness (QED) is 0.796. The maximum atomic E-state index is 11.8. The third kappa shape index (κ3) is 4.18. The molecule has 1 aromatic heterocycles. The zero-order valence-electron chi connectivity index (χ0n) is 10.8. The van der Waals surface area contributed by atoms with Crippen molar-refractivity contribution in [3.05, 3.63) is 27.4 Å². The number of aromatic nitrogens is 2. The number of nitrogens with zero attached hydrogens (tertiary/aromatic N) is 1. The molecule has 4 nitrogen and oxygen atoms in total. The van der Waals surface area contributed by atoms with Gasteiger partial charge in [0, 0.05) is 17.7 Å². The Labute approximate surface area is 104 Å². The maximum absolute atomic E-state index is 11.8. The van der Waals surface area contributed by atoms with Crippen molar-refractivity contribution < 1.29 is 13.5 Å². The minimum absolute atomic E-state index is 0.102. The molecule has 1 N–H and O–H groups in total. The van der Waals surface area contributed by atoms with E-state index in [-0.39, 0.29) is 18.1 Å². The lowest BCUT2D eigenvalue weighted by Crippen LogP contribution is -2.21. The predicted octanol–water partition coefficient (Wildman–Crippen LogP) is 2.03. The van der Waals surface area contributed by atoms with Crippen LogP contribution in [0.4, 0.5) is 8.78 Å². The Hall–Kier alpha value is -1.30. The van der Waals surface area contributed by atoms with E-state index in [1.54, 1.807) is 6.92 Å². The van der Waals surface area contributed by atoms with Gasteiger partial charge in [0.25, 0.3) is 12.0 Å². The molecule has 6 heteroatoms. The van der Waals surface area contributed by atoms with E-state index in [0.717, 1.165) is 0 Å². The molecular formula is C12H18F2N2O2. The molecule has 0 aromatic carbocycles. The molecule has 0 amide bonds. The summed E-state index contributed by atoms with van der Waals surface area (Å²) in [5.41, 5.74) is 1.17. The predicted molar refractivity (Wildman–Crippen MR) is 64.2 cm³/mol. The van der Waals surface area contributed by atoms with Crippen LogP contribution in [0.25, 0.3) is 0 Å². The summed E-state index contributed by atoms with van der Waals surface area (Å²) in [6, 6.07) is 0. The standard InChI is InChI=1S/C12H18F2N2O2/c1-7(2)11-8(3)15-10(16-12(11)17)4-5-18-6-9(13)14/h7,9H,4-6H2,1-3H3,(H,15,16,17). The van der Waals surface area contributed by atoms with Crippen molar-refractivity contribution in [2.45, 2.75) is 39.5 Å². The van der Waals surface area contributed by atoms with Gasteiger partial charge in [-0.3, -0.25) is 4.79 Å². The highest BCUT2D eigenvalue weighted by atomic mass is 19.3.